The van der Waals surface area contributed by atoms with Gasteiger partial charge in [0, 0.05) is 23.5 Å². The molecule has 0 amide bonds. The molecule has 0 spiro atoms. The van der Waals surface area contributed by atoms with E-state index >= 15 is 0 Å². The lowest BCUT2D eigenvalue weighted by atomic mass is 10.1. The van der Waals surface area contributed by atoms with E-state index in [1.165, 1.54) is 12.8 Å². The smallest absolute Gasteiger partial charge is 0.285 e. The van der Waals surface area contributed by atoms with Gasteiger partial charge in [0.25, 0.3) is 10.0 Å². The van der Waals surface area contributed by atoms with Gasteiger partial charge in [0.15, 0.2) is 5.84 Å². The topological polar surface area (TPSA) is 49.7 Å². The van der Waals surface area contributed by atoms with Gasteiger partial charge in [-0.3, -0.25) is 0 Å². The van der Waals surface area contributed by atoms with E-state index in [9.17, 15) is 8.42 Å². The lowest BCUT2D eigenvalue weighted by molar-refractivity contribution is 0.333. The molecule has 0 aromatic heterocycles. The molecule has 1 aliphatic heterocycles. The summed E-state index contributed by atoms with van der Waals surface area (Å²) < 4.78 is 28.4. The highest BCUT2D eigenvalue weighted by molar-refractivity contribution is 9.09. The quantitative estimate of drug-likeness (QED) is 0.782. The van der Waals surface area contributed by atoms with Crippen molar-refractivity contribution in [1.82, 2.24) is 4.90 Å². The summed E-state index contributed by atoms with van der Waals surface area (Å²) in [5.74, 6) is 0.631. The Morgan fingerprint density at radius 3 is 2.65 bits per heavy atom. The molecule has 108 valence electrons. The Labute approximate surface area is 128 Å². The summed E-state index contributed by atoms with van der Waals surface area (Å²) in [6.07, 6.45) is 4.67. The van der Waals surface area contributed by atoms with Crippen LogP contribution in [-0.4, -0.2) is 37.1 Å². The third kappa shape index (κ3) is 2.39. The van der Waals surface area contributed by atoms with Crippen LogP contribution in [-0.2, 0) is 10.0 Å². The normalized spacial score (nSPS) is 20.8. The van der Waals surface area contributed by atoms with E-state index in [0.29, 0.717) is 16.8 Å². The summed E-state index contributed by atoms with van der Waals surface area (Å²) in [4.78, 5) is 2.51. The Hall–Kier alpha value is -0.880. The molecule has 3 rings (SSSR count). The molecular weight excluding hydrogens is 340 g/mol. The first kappa shape index (κ1) is 14.1. The molecule has 0 bridgehead atoms. The largest absolute Gasteiger partial charge is 0.352 e. The van der Waals surface area contributed by atoms with Gasteiger partial charge >= 0.3 is 0 Å². The van der Waals surface area contributed by atoms with Crippen LogP contribution in [0.15, 0.2) is 33.6 Å². The van der Waals surface area contributed by atoms with Crippen LogP contribution < -0.4 is 0 Å². The molecule has 1 aromatic rings. The van der Waals surface area contributed by atoms with Gasteiger partial charge in [-0.25, -0.2) is 0 Å². The first-order valence-electron chi connectivity index (χ1n) is 6.90. The molecule has 0 atom stereocenters. The number of sulfonamides is 1. The summed E-state index contributed by atoms with van der Waals surface area (Å²) in [7, 11) is -3.52. The van der Waals surface area contributed by atoms with Crippen molar-refractivity contribution in [3.05, 3.63) is 29.8 Å². The van der Waals surface area contributed by atoms with Crippen molar-refractivity contribution >= 4 is 31.8 Å². The minimum atomic E-state index is -3.52. The molecule has 1 aliphatic carbocycles. The average molecular weight is 357 g/mol. The number of hydrogen-bond donors (Lipinski definition) is 0. The lowest BCUT2D eigenvalue weighted by Gasteiger charge is -2.30. The molecule has 1 aromatic carbocycles. The Kier molecular flexibility index (Phi) is 3.86. The zero-order chi connectivity index (χ0) is 14.2. The highest BCUT2D eigenvalue weighted by Gasteiger charge is 2.34. The van der Waals surface area contributed by atoms with E-state index in [-0.39, 0.29) is 0 Å². The van der Waals surface area contributed by atoms with Crippen LogP contribution in [0.4, 0.5) is 0 Å². The van der Waals surface area contributed by atoms with Crippen LogP contribution in [0.3, 0.4) is 0 Å². The summed E-state index contributed by atoms with van der Waals surface area (Å²) in [6, 6.07) is 7.53. The van der Waals surface area contributed by atoms with Gasteiger partial charge in [-0.05, 0) is 25.0 Å². The maximum Gasteiger partial charge on any atom is 0.285 e. The number of amidine groups is 1. The van der Waals surface area contributed by atoms with E-state index < -0.39 is 10.0 Å². The SMILES string of the molecule is O=S1(=O)N=C(N(CCBr)C2CCCC2)c2ccccc21. The number of alkyl halides is 1. The lowest BCUT2D eigenvalue weighted by Crippen LogP contribution is -2.40. The second-order valence-electron chi connectivity index (χ2n) is 5.21. The van der Waals surface area contributed by atoms with Gasteiger partial charge in [0.1, 0.15) is 4.90 Å². The maximum absolute atomic E-state index is 12.2. The number of rotatable bonds is 3. The standard InChI is InChI=1S/C14H17BrN2O2S/c15-9-10-17(11-5-1-2-6-11)14-12-7-3-4-8-13(12)20(18,19)16-14/h3-4,7-8,11H,1-2,5-6,9-10H2. The average Bonchev–Trinajstić information content (AvgIpc) is 3.04. The van der Waals surface area contributed by atoms with Gasteiger partial charge in [-0.2, -0.15) is 8.42 Å². The number of halogens is 1. The van der Waals surface area contributed by atoms with Gasteiger partial charge in [-0.1, -0.05) is 40.9 Å². The Balaban J connectivity index is 2.03. The van der Waals surface area contributed by atoms with E-state index in [1.807, 2.05) is 12.1 Å². The van der Waals surface area contributed by atoms with Crippen molar-refractivity contribution in [2.45, 2.75) is 36.6 Å². The van der Waals surface area contributed by atoms with Crippen molar-refractivity contribution < 1.29 is 8.42 Å². The maximum atomic E-state index is 12.2. The van der Waals surface area contributed by atoms with Crippen molar-refractivity contribution in [1.29, 1.82) is 0 Å². The van der Waals surface area contributed by atoms with Crippen LogP contribution in [0, 0.1) is 0 Å². The molecule has 20 heavy (non-hydrogen) atoms. The molecule has 1 fully saturated rings. The van der Waals surface area contributed by atoms with Gasteiger partial charge in [-0.15, -0.1) is 4.40 Å². The van der Waals surface area contributed by atoms with Crippen molar-refractivity contribution in [3.63, 3.8) is 0 Å². The van der Waals surface area contributed by atoms with E-state index in [1.54, 1.807) is 12.1 Å². The van der Waals surface area contributed by atoms with Crippen LogP contribution in [0.5, 0.6) is 0 Å². The third-order valence-electron chi connectivity index (χ3n) is 3.98. The minimum Gasteiger partial charge on any atom is -0.352 e. The summed E-state index contributed by atoms with van der Waals surface area (Å²) in [5.41, 5.74) is 0.750. The number of hydrogen-bond acceptors (Lipinski definition) is 3. The molecule has 1 heterocycles. The Morgan fingerprint density at radius 2 is 1.95 bits per heavy atom. The Bertz CT molecular complexity index is 636. The fourth-order valence-electron chi connectivity index (χ4n) is 3.06. The first-order chi connectivity index (χ1) is 9.63. The zero-order valence-electron chi connectivity index (χ0n) is 11.1. The highest BCUT2D eigenvalue weighted by Crippen LogP contribution is 2.31. The second kappa shape index (κ2) is 5.48. The molecule has 0 unspecified atom stereocenters. The van der Waals surface area contributed by atoms with Crippen LogP contribution in [0.2, 0.25) is 0 Å². The molecule has 4 nitrogen and oxygen atoms in total. The van der Waals surface area contributed by atoms with Crippen LogP contribution in [0.1, 0.15) is 31.2 Å². The van der Waals surface area contributed by atoms with Crippen molar-refractivity contribution in [3.8, 4) is 0 Å². The van der Waals surface area contributed by atoms with Gasteiger partial charge in [0.2, 0.25) is 0 Å². The predicted molar refractivity (Wildman–Crippen MR) is 82.9 cm³/mol. The van der Waals surface area contributed by atoms with Crippen LogP contribution in [0.25, 0.3) is 0 Å². The van der Waals surface area contributed by atoms with Gasteiger partial charge < -0.3 is 4.90 Å². The fraction of sp³-hybridized carbons (Fsp3) is 0.500. The molecule has 0 N–H and O–H groups in total. The predicted octanol–water partition coefficient (Wildman–Crippen LogP) is 2.78. The van der Waals surface area contributed by atoms with Crippen molar-refractivity contribution in [2.24, 2.45) is 4.40 Å². The minimum absolute atomic E-state index is 0.340. The molecule has 2 aliphatic rings. The van der Waals surface area contributed by atoms with E-state index in [2.05, 4.69) is 25.2 Å². The monoisotopic (exact) mass is 356 g/mol. The summed E-state index contributed by atoms with van der Waals surface area (Å²) in [6.45, 7) is 0.785. The van der Waals surface area contributed by atoms with Crippen molar-refractivity contribution in [2.75, 3.05) is 11.9 Å². The number of benzene rings is 1. The zero-order valence-corrected chi connectivity index (χ0v) is 13.5. The van der Waals surface area contributed by atoms with E-state index in [4.69, 9.17) is 0 Å². The molecule has 0 radical (unpaired) electrons. The number of fused-ring (bicyclic) bond motifs is 1. The first-order valence-corrected chi connectivity index (χ1v) is 9.46. The molecular formula is C14H17BrN2O2S. The highest BCUT2D eigenvalue weighted by atomic mass is 79.9. The molecule has 6 heteroatoms. The Morgan fingerprint density at radius 1 is 1.25 bits per heavy atom. The fourth-order valence-corrected chi connectivity index (χ4v) is 4.66. The molecule has 0 saturated heterocycles. The van der Waals surface area contributed by atoms with E-state index in [0.717, 1.165) is 30.3 Å². The van der Waals surface area contributed by atoms with Gasteiger partial charge in [0.05, 0.1) is 0 Å². The number of nitrogens with zero attached hydrogens (tertiary/aromatic N) is 2. The van der Waals surface area contributed by atoms with Crippen LogP contribution >= 0.6 is 15.9 Å². The molecule has 1 saturated carbocycles. The summed E-state index contributed by atoms with van der Waals surface area (Å²) in [5, 5.41) is 0.810. The summed E-state index contributed by atoms with van der Waals surface area (Å²) >= 11 is 3.47. The third-order valence-corrected chi connectivity index (χ3v) is 5.66. The second-order valence-corrected chi connectivity index (χ2v) is 7.57.